The molecule has 19 heavy (non-hydrogen) atoms. The van der Waals surface area contributed by atoms with Crippen LogP contribution < -0.4 is 0 Å². The van der Waals surface area contributed by atoms with E-state index in [1.165, 1.54) is 24.4 Å². The van der Waals surface area contributed by atoms with Crippen LogP contribution in [0.1, 0.15) is 0 Å². The monoisotopic (exact) mass is 257 g/mol. The van der Waals surface area contributed by atoms with E-state index in [9.17, 15) is 13.9 Å². The number of phenolic OH excluding ortho intramolecular Hbond substituents is 1. The van der Waals surface area contributed by atoms with Gasteiger partial charge in [-0.2, -0.15) is 0 Å². The number of hydrogen-bond acceptors (Lipinski definition) is 2. The van der Waals surface area contributed by atoms with Gasteiger partial charge in [-0.1, -0.05) is 12.1 Å². The second kappa shape index (κ2) is 4.31. The Morgan fingerprint density at radius 3 is 2.42 bits per heavy atom. The first-order chi connectivity index (χ1) is 9.15. The molecule has 0 bridgehead atoms. The summed E-state index contributed by atoms with van der Waals surface area (Å²) in [6.45, 7) is 0. The van der Waals surface area contributed by atoms with Crippen LogP contribution in [0.5, 0.6) is 5.75 Å². The third kappa shape index (κ3) is 2.01. The van der Waals surface area contributed by atoms with E-state index < -0.39 is 11.6 Å². The van der Waals surface area contributed by atoms with Crippen molar-refractivity contribution in [2.45, 2.75) is 0 Å². The summed E-state index contributed by atoms with van der Waals surface area (Å²) < 4.78 is 27.0. The van der Waals surface area contributed by atoms with Gasteiger partial charge in [-0.15, -0.1) is 0 Å². The van der Waals surface area contributed by atoms with Crippen molar-refractivity contribution in [3.05, 3.63) is 60.3 Å². The molecule has 2 nitrogen and oxygen atoms in total. The van der Waals surface area contributed by atoms with Crippen molar-refractivity contribution in [3.8, 4) is 16.9 Å². The SMILES string of the molecule is Oc1ccc(-c2ccnc3c(F)cc(F)cc23)cc1. The van der Waals surface area contributed by atoms with E-state index in [4.69, 9.17) is 0 Å². The number of pyridine rings is 1. The Labute approximate surface area is 108 Å². The number of benzene rings is 2. The molecular weight excluding hydrogens is 248 g/mol. The minimum Gasteiger partial charge on any atom is -0.508 e. The van der Waals surface area contributed by atoms with E-state index in [0.29, 0.717) is 10.9 Å². The fourth-order valence-electron chi connectivity index (χ4n) is 2.07. The van der Waals surface area contributed by atoms with Crippen molar-refractivity contribution in [3.63, 3.8) is 0 Å². The Balaban J connectivity index is 2.32. The van der Waals surface area contributed by atoms with E-state index in [0.717, 1.165) is 11.6 Å². The fraction of sp³-hybridized carbons (Fsp3) is 0. The summed E-state index contributed by atoms with van der Waals surface area (Å²) in [5.41, 5.74) is 1.56. The molecule has 0 radical (unpaired) electrons. The maximum absolute atomic E-state index is 13.7. The smallest absolute Gasteiger partial charge is 0.152 e. The Kier molecular flexibility index (Phi) is 2.63. The van der Waals surface area contributed by atoms with Crippen LogP contribution in [-0.2, 0) is 0 Å². The van der Waals surface area contributed by atoms with Gasteiger partial charge >= 0.3 is 0 Å². The van der Waals surface area contributed by atoms with Gasteiger partial charge in [0, 0.05) is 17.6 Å². The second-order valence-electron chi connectivity index (χ2n) is 4.19. The van der Waals surface area contributed by atoms with Crippen molar-refractivity contribution in [2.24, 2.45) is 0 Å². The molecule has 1 aromatic heterocycles. The van der Waals surface area contributed by atoms with Gasteiger partial charge in [0.15, 0.2) is 5.82 Å². The average Bonchev–Trinajstić information content (AvgIpc) is 2.39. The topological polar surface area (TPSA) is 33.1 Å². The van der Waals surface area contributed by atoms with E-state index in [1.54, 1.807) is 18.2 Å². The molecule has 0 fully saturated rings. The Hall–Kier alpha value is -2.49. The Bertz CT molecular complexity index is 754. The van der Waals surface area contributed by atoms with Crippen molar-refractivity contribution < 1.29 is 13.9 Å². The molecule has 0 amide bonds. The molecule has 3 rings (SSSR count). The van der Waals surface area contributed by atoms with Gasteiger partial charge in [-0.25, -0.2) is 8.78 Å². The van der Waals surface area contributed by atoms with Crippen LogP contribution in [0.15, 0.2) is 48.7 Å². The minimum atomic E-state index is -0.685. The second-order valence-corrected chi connectivity index (χ2v) is 4.19. The zero-order valence-corrected chi connectivity index (χ0v) is 9.77. The standard InChI is InChI=1S/C15H9F2NO/c16-10-7-13-12(9-1-3-11(19)4-2-9)5-6-18-15(13)14(17)8-10/h1-8,19H. The number of aromatic nitrogens is 1. The number of aromatic hydroxyl groups is 1. The highest BCUT2D eigenvalue weighted by molar-refractivity contribution is 5.94. The summed E-state index contributed by atoms with van der Waals surface area (Å²) in [6.07, 6.45) is 1.48. The van der Waals surface area contributed by atoms with Crippen LogP contribution in [0.2, 0.25) is 0 Å². The number of halogens is 2. The van der Waals surface area contributed by atoms with Crippen molar-refractivity contribution in [1.29, 1.82) is 0 Å². The van der Waals surface area contributed by atoms with Crippen LogP contribution in [0.4, 0.5) is 8.78 Å². The largest absolute Gasteiger partial charge is 0.508 e. The van der Waals surface area contributed by atoms with Gasteiger partial charge in [-0.05, 0) is 35.4 Å². The molecule has 0 saturated heterocycles. The molecule has 0 saturated carbocycles. The minimum absolute atomic E-state index is 0.131. The highest BCUT2D eigenvalue weighted by Gasteiger charge is 2.10. The summed E-state index contributed by atoms with van der Waals surface area (Å²) in [4.78, 5) is 3.93. The zero-order chi connectivity index (χ0) is 13.4. The van der Waals surface area contributed by atoms with E-state index >= 15 is 0 Å². The van der Waals surface area contributed by atoms with Crippen LogP contribution >= 0.6 is 0 Å². The first-order valence-electron chi connectivity index (χ1n) is 5.68. The van der Waals surface area contributed by atoms with Crippen LogP contribution in [-0.4, -0.2) is 10.1 Å². The number of rotatable bonds is 1. The van der Waals surface area contributed by atoms with Crippen molar-refractivity contribution in [1.82, 2.24) is 4.98 Å². The molecule has 1 heterocycles. The van der Waals surface area contributed by atoms with Gasteiger partial charge in [0.25, 0.3) is 0 Å². The zero-order valence-electron chi connectivity index (χ0n) is 9.77. The Morgan fingerprint density at radius 2 is 1.68 bits per heavy atom. The van der Waals surface area contributed by atoms with Crippen molar-refractivity contribution >= 4 is 10.9 Å². The normalized spacial score (nSPS) is 10.8. The van der Waals surface area contributed by atoms with E-state index in [-0.39, 0.29) is 11.3 Å². The summed E-state index contributed by atoms with van der Waals surface area (Å²) >= 11 is 0. The Morgan fingerprint density at radius 1 is 0.947 bits per heavy atom. The molecular formula is C15H9F2NO. The van der Waals surface area contributed by atoms with Crippen LogP contribution in [0.3, 0.4) is 0 Å². The molecule has 0 spiro atoms. The molecule has 0 aliphatic carbocycles. The average molecular weight is 257 g/mol. The number of hydrogen-bond donors (Lipinski definition) is 1. The molecule has 0 atom stereocenters. The molecule has 1 N–H and O–H groups in total. The molecule has 3 aromatic rings. The van der Waals surface area contributed by atoms with Crippen LogP contribution in [0.25, 0.3) is 22.0 Å². The predicted molar refractivity (Wildman–Crippen MR) is 68.8 cm³/mol. The maximum atomic E-state index is 13.7. The van der Waals surface area contributed by atoms with Crippen LogP contribution in [0, 0.1) is 11.6 Å². The molecule has 2 aromatic carbocycles. The highest BCUT2D eigenvalue weighted by Crippen LogP contribution is 2.30. The summed E-state index contributed by atoms with van der Waals surface area (Å²) in [5.74, 6) is -1.19. The lowest BCUT2D eigenvalue weighted by molar-refractivity contribution is 0.475. The van der Waals surface area contributed by atoms with Gasteiger partial charge in [0.1, 0.15) is 17.1 Å². The lowest BCUT2D eigenvalue weighted by atomic mass is 10.0. The van der Waals surface area contributed by atoms with E-state index in [1.807, 2.05) is 0 Å². The molecule has 0 aliphatic heterocycles. The van der Waals surface area contributed by atoms with Gasteiger partial charge in [-0.3, -0.25) is 4.98 Å². The molecule has 4 heteroatoms. The van der Waals surface area contributed by atoms with Gasteiger partial charge < -0.3 is 5.11 Å². The predicted octanol–water partition coefficient (Wildman–Crippen LogP) is 3.89. The fourth-order valence-corrected chi connectivity index (χ4v) is 2.07. The van der Waals surface area contributed by atoms with E-state index in [2.05, 4.69) is 4.98 Å². The summed E-state index contributed by atoms with van der Waals surface area (Å²) in [7, 11) is 0. The quantitative estimate of drug-likeness (QED) is 0.717. The lowest BCUT2D eigenvalue weighted by Gasteiger charge is -2.07. The number of fused-ring (bicyclic) bond motifs is 1. The summed E-state index contributed by atoms with van der Waals surface area (Å²) in [5, 5.41) is 9.68. The lowest BCUT2D eigenvalue weighted by Crippen LogP contribution is -1.90. The molecule has 0 aliphatic rings. The van der Waals surface area contributed by atoms with Gasteiger partial charge in [0.2, 0.25) is 0 Å². The third-order valence-electron chi connectivity index (χ3n) is 2.94. The number of phenols is 1. The first kappa shape index (κ1) is 11.6. The number of nitrogens with zero attached hydrogens (tertiary/aromatic N) is 1. The maximum Gasteiger partial charge on any atom is 0.152 e. The molecule has 0 unspecified atom stereocenters. The van der Waals surface area contributed by atoms with Gasteiger partial charge in [0.05, 0.1) is 0 Å². The highest BCUT2D eigenvalue weighted by atomic mass is 19.1. The first-order valence-corrected chi connectivity index (χ1v) is 5.68. The molecule has 94 valence electrons. The summed E-state index contributed by atoms with van der Waals surface area (Å²) in [6, 6.07) is 10.2. The third-order valence-corrected chi connectivity index (χ3v) is 2.94. The van der Waals surface area contributed by atoms with Crippen molar-refractivity contribution in [2.75, 3.05) is 0 Å².